The SMILES string of the molecule is CC(=O)Nc1cc(N2CC(C)CC(C)C2)c(F)cc1[N+](=O)[O-]. The Morgan fingerprint density at radius 3 is 2.45 bits per heavy atom. The highest BCUT2D eigenvalue weighted by molar-refractivity contribution is 5.92. The largest absolute Gasteiger partial charge is 0.369 e. The molecule has 1 heterocycles. The van der Waals surface area contributed by atoms with Gasteiger partial charge in [-0.25, -0.2) is 4.39 Å². The second-order valence-electron chi connectivity index (χ2n) is 6.11. The molecule has 1 saturated heterocycles. The zero-order chi connectivity index (χ0) is 16.4. The Morgan fingerprint density at radius 1 is 1.36 bits per heavy atom. The van der Waals surface area contributed by atoms with Gasteiger partial charge in [0, 0.05) is 20.0 Å². The summed E-state index contributed by atoms with van der Waals surface area (Å²) < 4.78 is 14.3. The third kappa shape index (κ3) is 3.52. The molecule has 1 fully saturated rings. The van der Waals surface area contributed by atoms with Crippen LogP contribution in [0.25, 0.3) is 0 Å². The molecule has 22 heavy (non-hydrogen) atoms. The molecule has 1 aliphatic rings. The van der Waals surface area contributed by atoms with E-state index in [1.807, 2.05) is 4.90 Å². The average Bonchev–Trinajstić information content (AvgIpc) is 2.38. The van der Waals surface area contributed by atoms with Crippen molar-refractivity contribution in [3.63, 3.8) is 0 Å². The van der Waals surface area contributed by atoms with Crippen LogP contribution in [-0.2, 0) is 4.79 Å². The number of nitrogens with zero attached hydrogens (tertiary/aromatic N) is 2. The van der Waals surface area contributed by atoms with Crippen molar-refractivity contribution in [2.75, 3.05) is 23.3 Å². The summed E-state index contributed by atoms with van der Waals surface area (Å²) in [5.41, 5.74) is -0.109. The van der Waals surface area contributed by atoms with Gasteiger partial charge in [0.1, 0.15) is 5.69 Å². The molecule has 2 unspecified atom stereocenters. The number of amides is 1. The molecule has 120 valence electrons. The van der Waals surface area contributed by atoms with Gasteiger partial charge in [-0.1, -0.05) is 13.8 Å². The van der Waals surface area contributed by atoms with Gasteiger partial charge in [0.2, 0.25) is 5.91 Å². The second-order valence-corrected chi connectivity index (χ2v) is 6.11. The Balaban J connectivity index is 2.43. The highest BCUT2D eigenvalue weighted by Gasteiger charge is 2.27. The number of hydrogen-bond acceptors (Lipinski definition) is 4. The lowest BCUT2D eigenvalue weighted by Gasteiger charge is -2.36. The number of rotatable bonds is 3. The second kappa shape index (κ2) is 6.29. The molecule has 1 N–H and O–H groups in total. The van der Waals surface area contributed by atoms with E-state index >= 15 is 0 Å². The van der Waals surface area contributed by atoms with Gasteiger partial charge in [0.25, 0.3) is 5.69 Å². The molecule has 2 atom stereocenters. The summed E-state index contributed by atoms with van der Waals surface area (Å²) in [7, 11) is 0. The van der Waals surface area contributed by atoms with Gasteiger partial charge < -0.3 is 10.2 Å². The summed E-state index contributed by atoms with van der Waals surface area (Å²) in [4.78, 5) is 23.4. The molecular formula is C15H20FN3O3. The van der Waals surface area contributed by atoms with E-state index in [0.717, 1.165) is 12.5 Å². The maximum absolute atomic E-state index is 14.3. The summed E-state index contributed by atoms with van der Waals surface area (Å²) in [6.07, 6.45) is 1.07. The first-order valence-electron chi connectivity index (χ1n) is 7.28. The Morgan fingerprint density at radius 2 is 1.95 bits per heavy atom. The number of carbonyl (C=O) groups is 1. The van der Waals surface area contributed by atoms with Crippen molar-refractivity contribution in [2.45, 2.75) is 27.2 Å². The molecule has 0 aromatic heterocycles. The van der Waals surface area contributed by atoms with Crippen molar-refractivity contribution in [1.82, 2.24) is 0 Å². The van der Waals surface area contributed by atoms with Crippen LogP contribution in [0.2, 0.25) is 0 Å². The van der Waals surface area contributed by atoms with E-state index in [1.54, 1.807) is 0 Å². The third-order valence-corrected chi connectivity index (χ3v) is 3.78. The molecule has 0 spiro atoms. The number of nitro benzene ring substituents is 1. The minimum atomic E-state index is -0.695. The van der Waals surface area contributed by atoms with Crippen LogP contribution in [0.3, 0.4) is 0 Å². The number of anilines is 2. The standard InChI is InChI=1S/C15H20FN3O3/c1-9-4-10(2)8-18(7-9)14-6-13(17-11(3)20)15(19(21)22)5-12(14)16/h5-6,9-10H,4,7-8H2,1-3H3,(H,17,20). The average molecular weight is 309 g/mol. The monoisotopic (exact) mass is 309 g/mol. The van der Waals surface area contributed by atoms with E-state index in [0.29, 0.717) is 30.6 Å². The van der Waals surface area contributed by atoms with Crippen LogP contribution in [0.5, 0.6) is 0 Å². The maximum atomic E-state index is 14.3. The zero-order valence-corrected chi connectivity index (χ0v) is 12.9. The van der Waals surface area contributed by atoms with Gasteiger partial charge in [-0.2, -0.15) is 0 Å². The normalized spacial score (nSPS) is 21.5. The molecule has 6 nitrogen and oxygen atoms in total. The quantitative estimate of drug-likeness (QED) is 0.687. The maximum Gasteiger partial charge on any atom is 0.295 e. The topological polar surface area (TPSA) is 75.5 Å². The number of nitro groups is 1. The minimum Gasteiger partial charge on any atom is -0.369 e. The summed E-state index contributed by atoms with van der Waals surface area (Å²) in [5.74, 6) is -0.228. The van der Waals surface area contributed by atoms with Crippen LogP contribution >= 0.6 is 0 Å². The Labute approximate surface area is 128 Å². The lowest BCUT2D eigenvalue weighted by molar-refractivity contribution is -0.384. The molecule has 0 radical (unpaired) electrons. The lowest BCUT2D eigenvalue weighted by Crippen LogP contribution is -2.39. The van der Waals surface area contributed by atoms with Gasteiger partial charge in [0.15, 0.2) is 5.82 Å². The molecule has 1 aliphatic heterocycles. The highest BCUT2D eigenvalue weighted by Crippen LogP contribution is 2.35. The molecule has 1 aromatic rings. The van der Waals surface area contributed by atoms with E-state index < -0.39 is 22.3 Å². The molecule has 7 heteroatoms. The number of carbonyl (C=O) groups excluding carboxylic acids is 1. The summed E-state index contributed by atoms with van der Waals surface area (Å²) in [6.45, 7) is 6.84. The Bertz CT molecular complexity index is 596. The van der Waals surface area contributed by atoms with Crippen molar-refractivity contribution in [2.24, 2.45) is 11.8 Å². The van der Waals surface area contributed by atoms with Crippen LogP contribution in [0.15, 0.2) is 12.1 Å². The summed E-state index contributed by atoms with van der Waals surface area (Å²) >= 11 is 0. The number of benzene rings is 1. The van der Waals surface area contributed by atoms with Gasteiger partial charge in [0.05, 0.1) is 16.7 Å². The van der Waals surface area contributed by atoms with Gasteiger partial charge in [-0.15, -0.1) is 0 Å². The number of hydrogen-bond donors (Lipinski definition) is 1. The molecule has 0 aliphatic carbocycles. The molecule has 2 rings (SSSR count). The lowest BCUT2D eigenvalue weighted by atomic mass is 9.91. The van der Waals surface area contributed by atoms with Crippen molar-refractivity contribution < 1.29 is 14.1 Å². The predicted octanol–water partition coefficient (Wildman–Crippen LogP) is 3.17. The van der Waals surface area contributed by atoms with Crippen LogP contribution < -0.4 is 10.2 Å². The molecular weight excluding hydrogens is 289 g/mol. The van der Waals surface area contributed by atoms with E-state index in [2.05, 4.69) is 19.2 Å². The fourth-order valence-corrected chi connectivity index (χ4v) is 3.09. The smallest absolute Gasteiger partial charge is 0.295 e. The fourth-order valence-electron chi connectivity index (χ4n) is 3.09. The van der Waals surface area contributed by atoms with Crippen LogP contribution in [0.4, 0.5) is 21.5 Å². The summed E-state index contributed by atoms with van der Waals surface area (Å²) in [6, 6.07) is 2.24. The van der Waals surface area contributed by atoms with E-state index in [1.165, 1.54) is 13.0 Å². The number of nitrogens with one attached hydrogen (secondary N) is 1. The first-order valence-corrected chi connectivity index (χ1v) is 7.28. The van der Waals surface area contributed by atoms with Crippen LogP contribution in [-0.4, -0.2) is 23.9 Å². The van der Waals surface area contributed by atoms with Crippen molar-refractivity contribution in [1.29, 1.82) is 0 Å². The van der Waals surface area contributed by atoms with Crippen molar-refractivity contribution in [3.05, 3.63) is 28.1 Å². The van der Waals surface area contributed by atoms with Gasteiger partial charge in [-0.3, -0.25) is 14.9 Å². The number of piperidine rings is 1. The van der Waals surface area contributed by atoms with Crippen molar-refractivity contribution >= 4 is 23.0 Å². The zero-order valence-electron chi connectivity index (χ0n) is 12.9. The summed E-state index contributed by atoms with van der Waals surface area (Å²) in [5, 5.41) is 13.4. The molecule has 1 aromatic carbocycles. The highest BCUT2D eigenvalue weighted by atomic mass is 19.1. The van der Waals surface area contributed by atoms with Gasteiger partial charge >= 0.3 is 0 Å². The molecule has 0 bridgehead atoms. The van der Waals surface area contributed by atoms with E-state index in [-0.39, 0.29) is 5.69 Å². The Hall–Kier alpha value is -2.18. The fraction of sp³-hybridized carbons (Fsp3) is 0.533. The van der Waals surface area contributed by atoms with E-state index in [9.17, 15) is 19.3 Å². The van der Waals surface area contributed by atoms with Crippen molar-refractivity contribution in [3.8, 4) is 0 Å². The van der Waals surface area contributed by atoms with Crippen LogP contribution in [0, 0.1) is 27.8 Å². The Kier molecular flexibility index (Phi) is 4.63. The molecule has 1 amide bonds. The number of halogens is 1. The third-order valence-electron chi connectivity index (χ3n) is 3.78. The van der Waals surface area contributed by atoms with Gasteiger partial charge in [-0.05, 0) is 24.3 Å². The minimum absolute atomic E-state index is 0.0276. The first-order chi connectivity index (χ1) is 10.3. The van der Waals surface area contributed by atoms with E-state index in [4.69, 9.17) is 0 Å². The predicted molar refractivity (Wildman–Crippen MR) is 82.5 cm³/mol. The van der Waals surface area contributed by atoms with Crippen LogP contribution in [0.1, 0.15) is 27.2 Å². The molecule has 0 saturated carbocycles. The first kappa shape index (κ1) is 16.2.